The first kappa shape index (κ1) is 32.4. The molecule has 3 aromatic carbocycles. The Hall–Kier alpha value is -3.58. The van der Waals surface area contributed by atoms with E-state index in [0.717, 1.165) is 5.56 Å². The molecule has 1 aliphatic carbocycles. The fraction of sp³-hybridized carbons (Fsp3) is 0.486. The van der Waals surface area contributed by atoms with Gasteiger partial charge in [0.2, 0.25) is 12.1 Å². The van der Waals surface area contributed by atoms with E-state index in [0.29, 0.717) is 29.2 Å². The molecule has 46 heavy (non-hydrogen) atoms. The molecule has 0 saturated carbocycles. The summed E-state index contributed by atoms with van der Waals surface area (Å²) in [6.45, 7) is 5.47. The molecule has 4 N–H and O–H groups in total. The van der Waals surface area contributed by atoms with Crippen LogP contribution in [0.5, 0.6) is 17.2 Å². The van der Waals surface area contributed by atoms with Crippen molar-refractivity contribution >= 4 is 22.3 Å². The van der Waals surface area contributed by atoms with Crippen LogP contribution in [-0.4, -0.2) is 113 Å². The van der Waals surface area contributed by atoms with Gasteiger partial charge in [-0.25, -0.2) is 0 Å². The number of aryl methyl sites for hydroxylation is 1. The molecule has 0 amide bonds. The van der Waals surface area contributed by atoms with E-state index in [4.69, 9.17) is 14.2 Å². The lowest BCUT2D eigenvalue weighted by molar-refractivity contribution is -0.202. The predicted molar refractivity (Wildman–Crippen MR) is 170 cm³/mol. The highest BCUT2D eigenvalue weighted by atomic mass is 16.7. The predicted octanol–water partition coefficient (Wildman–Crippen LogP) is 3.28. The molecule has 3 aliphatic rings. The molecule has 246 valence electrons. The Morgan fingerprint density at radius 2 is 1.43 bits per heavy atom. The second kappa shape index (κ2) is 11.9. The molecule has 8 atom stereocenters. The average molecular weight is 635 g/mol. The lowest BCUT2D eigenvalue weighted by Gasteiger charge is -2.43. The zero-order chi connectivity index (χ0) is 33.4. The number of rotatable bonds is 5. The van der Waals surface area contributed by atoms with E-state index in [1.807, 2.05) is 57.9 Å². The number of fused-ring (bicyclic) bond motifs is 4. The Bertz CT molecular complexity index is 1720. The van der Waals surface area contributed by atoms with Gasteiger partial charge in [-0.15, -0.1) is 0 Å². The van der Waals surface area contributed by atoms with Crippen molar-refractivity contribution in [3.05, 3.63) is 63.7 Å². The van der Waals surface area contributed by atoms with Crippen LogP contribution in [0, 0.1) is 6.92 Å². The van der Waals surface area contributed by atoms with E-state index >= 15 is 0 Å². The summed E-state index contributed by atoms with van der Waals surface area (Å²) >= 11 is 0. The molecular formula is C35H42N2O9. The van der Waals surface area contributed by atoms with Crippen molar-refractivity contribution in [1.29, 1.82) is 0 Å². The smallest absolute Gasteiger partial charge is 0.201 e. The second-order valence-corrected chi connectivity index (χ2v) is 13.3. The number of likely N-dealkylation sites (N-methyl/N-ethyl adjacent to an activating group) is 2. The minimum atomic E-state index is -0.846. The number of carbonyl (C=O) groups is 2. The van der Waals surface area contributed by atoms with Crippen molar-refractivity contribution in [2.24, 2.45) is 0 Å². The number of carbonyl (C=O) groups excluding carboxylic acids is 2. The maximum atomic E-state index is 14.3. The van der Waals surface area contributed by atoms with Gasteiger partial charge < -0.3 is 44.4 Å². The normalized spacial score (nSPS) is 29.7. The maximum absolute atomic E-state index is 14.3. The standard InChI is InChI=1S/C35H42N2O9/c1-15-11-18-12-23(39)29-30(33(42)19-9-8-10-22(38)28(19)34(29)43)27(18)35(46-25-14-21(37(6)7)32(41)17(3)45-25)26(15)24-13-20(36(4)5)31(40)16(2)44-24/h8-12,16-17,20-21,24-25,31-32,38-41H,13-14H2,1-7H3/t16-,17-,20+,21-,24-,25+,31-,32+/m1/s1. The summed E-state index contributed by atoms with van der Waals surface area (Å²) in [4.78, 5) is 32.0. The first-order valence-corrected chi connectivity index (χ1v) is 15.6. The van der Waals surface area contributed by atoms with Gasteiger partial charge in [-0.3, -0.25) is 9.59 Å². The van der Waals surface area contributed by atoms with Gasteiger partial charge in [0.1, 0.15) is 17.2 Å². The average Bonchev–Trinajstić information content (AvgIpc) is 2.98. The molecule has 0 spiro atoms. The van der Waals surface area contributed by atoms with Crippen LogP contribution in [0.2, 0.25) is 0 Å². The second-order valence-electron chi connectivity index (χ2n) is 13.3. The monoisotopic (exact) mass is 634 g/mol. The third kappa shape index (κ3) is 5.15. The number of aliphatic hydroxyl groups is 2. The first-order valence-electron chi connectivity index (χ1n) is 15.6. The molecule has 2 fully saturated rings. The lowest BCUT2D eigenvalue weighted by atomic mass is 9.79. The number of ether oxygens (including phenoxy) is 3. The molecule has 0 aromatic heterocycles. The number of phenolic OH excluding ortho intramolecular Hbond substituents is 2. The number of hydrogen-bond acceptors (Lipinski definition) is 11. The maximum Gasteiger partial charge on any atom is 0.201 e. The van der Waals surface area contributed by atoms with E-state index in [1.165, 1.54) is 24.3 Å². The number of aliphatic hydroxyl groups excluding tert-OH is 2. The Balaban J connectivity index is 1.62. The van der Waals surface area contributed by atoms with Crippen LogP contribution in [0.1, 0.15) is 75.8 Å². The highest BCUT2D eigenvalue weighted by molar-refractivity contribution is 6.34. The van der Waals surface area contributed by atoms with Gasteiger partial charge >= 0.3 is 0 Å². The zero-order valence-electron chi connectivity index (χ0n) is 27.1. The minimum absolute atomic E-state index is 0.0224. The van der Waals surface area contributed by atoms with Crippen LogP contribution in [0.25, 0.3) is 10.8 Å². The third-order valence-corrected chi connectivity index (χ3v) is 9.86. The van der Waals surface area contributed by atoms with E-state index in [1.54, 1.807) is 6.92 Å². The van der Waals surface area contributed by atoms with Gasteiger partial charge in [0.15, 0.2) is 5.78 Å². The van der Waals surface area contributed by atoms with Crippen molar-refractivity contribution in [1.82, 2.24) is 9.80 Å². The van der Waals surface area contributed by atoms with Crippen molar-refractivity contribution < 1.29 is 44.2 Å². The molecule has 6 rings (SSSR count). The summed E-state index contributed by atoms with van der Waals surface area (Å²) in [6, 6.07) is 7.03. The largest absolute Gasteiger partial charge is 0.507 e. The van der Waals surface area contributed by atoms with Crippen LogP contribution in [-0.2, 0) is 9.47 Å². The van der Waals surface area contributed by atoms with Crippen LogP contribution < -0.4 is 4.74 Å². The summed E-state index contributed by atoms with van der Waals surface area (Å²) in [5.41, 5.74) is 1.00. The number of ketones is 2. The summed E-state index contributed by atoms with van der Waals surface area (Å²) in [5.74, 6) is -1.68. The molecule has 3 aromatic rings. The van der Waals surface area contributed by atoms with E-state index < -0.39 is 48.4 Å². The number of aromatic hydroxyl groups is 2. The van der Waals surface area contributed by atoms with Gasteiger partial charge in [-0.1, -0.05) is 18.2 Å². The van der Waals surface area contributed by atoms with Crippen LogP contribution in [0.3, 0.4) is 0 Å². The SMILES string of the molecule is Cc1cc2cc(O)c3c(c2c(O[C@H]2C[C@@H](N(C)C)[C@@H](O)[C@@H](C)O2)c1[C@H]1C[C@H](N(C)C)[C@H](O)[C@@H](C)O1)C(=O)c1cccc(O)c1C3=O. The Labute approximate surface area is 267 Å². The number of nitrogens with zero attached hydrogens (tertiary/aromatic N) is 2. The molecule has 0 bridgehead atoms. The lowest BCUT2D eigenvalue weighted by Crippen LogP contribution is -2.54. The van der Waals surface area contributed by atoms with E-state index in [9.17, 15) is 30.0 Å². The summed E-state index contributed by atoms with van der Waals surface area (Å²) in [6.07, 6.45) is -3.31. The summed E-state index contributed by atoms with van der Waals surface area (Å²) < 4.78 is 19.4. The fourth-order valence-electron chi connectivity index (χ4n) is 7.40. The van der Waals surface area contributed by atoms with Crippen LogP contribution in [0.4, 0.5) is 0 Å². The van der Waals surface area contributed by atoms with E-state index in [-0.39, 0.29) is 51.6 Å². The highest BCUT2D eigenvalue weighted by Crippen LogP contribution is 2.49. The zero-order valence-corrected chi connectivity index (χ0v) is 27.1. The molecule has 11 heteroatoms. The molecular weight excluding hydrogens is 592 g/mol. The third-order valence-electron chi connectivity index (χ3n) is 9.86. The van der Waals surface area contributed by atoms with Crippen LogP contribution in [0.15, 0.2) is 30.3 Å². The number of hydrogen-bond donors (Lipinski definition) is 4. The van der Waals surface area contributed by atoms with Crippen molar-refractivity contribution in [3.63, 3.8) is 0 Å². The fourth-order valence-corrected chi connectivity index (χ4v) is 7.40. The number of benzene rings is 3. The van der Waals surface area contributed by atoms with Crippen LogP contribution >= 0.6 is 0 Å². The molecule has 2 aliphatic heterocycles. The molecule has 0 unspecified atom stereocenters. The van der Waals surface area contributed by atoms with Gasteiger partial charge in [-0.2, -0.15) is 0 Å². The Morgan fingerprint density at radius 1 is 0.804 bits per heavy atom. The topological polar surface area (TPSA) is 149 Å². The van der Waals surface area contributed by atoms with Gasteiger partial charge in [-0.05, 0) is 78.5 Å². The van der Waals surface area contributed by atoms with Crippen molar-refractivity contribution in [3.8, 4) is 17.2 Å². The van der Waals surface area contributed by atoms with Gasteiger partial charge in [0.25, 0.3) is 0 Å². The summed E-state index contributed by atoms with van der Waals surface area (Å²) in [5, 5.41) is 44.4. The van der Waals surface area contributed by atoms with Crippen molar-refractivity contribution in [2.45, 2.75) is 82.5 Å². The van der Waals surface area contributed by atoms with Gasteiger partial charge in [0.05, 0.1) is 41.6 Å². The Morgan fingerprint density at radius 3 is 2.09 bits per heavy atom. The molecule has 0 radical (unpaired) electrons. The summed E-state index contributed by atoms with van der Waals surface area (Å²) in [7, 11) is 7.54. The molecule has 2 heterocycles. The quantitative estimate of drug-likeness (QED) is 0.256. The highest BCUT2D eigenvalue weighted by Gasteiger charge is 2.43. The van der Waals surface area contributed by atoms with Crippen molar-refractivity contribution in [2.75, 3.05) is 28.2 Å². The van der Waals surface area contributed by atoms with E-state index in [2.05, 4.69) is 0 Å². The first-order chi connectivity index (χ1) is 21.7. The van der Waals surface area contributed by atoms with Gasteiger partial charge in [0, 0.05) is 40.6 Å². The number of phenols is 2. The minimum Gasteiger partial charge on any atom is -0.507 e. The Kier molecular flexibility index (Phi) is 8.37. The molecule has 11 nitrogen and oxygen atoms in total. The molecule has 2 saturated heterocycles.